The van der Waals surface area contributed by atoms with Crippen LogP contribution in [0.15, 0.2) is 18.6 Å². The highest BCUT2D eigenvalue weighted by atomic mass is 16.5. The van der Waals surface area contributed by atoms with Gasteiger partial charge in [-0.2, -0.15) is 5.10 Å². The van der Waals surface area contributed by atoms with Gasteiger partial charge in [0.25, 0.3) is 0 Å². The van der Waals surface area contributed by atoms with Crippen LogP contribution in [0, 0.1) is 0 Å². The van der Waals surface area contributed by atoms with E-state index in [-0.39, 0.29) is 17.4 Å². The lowest BCUT2D eigenvalue weighted by atomic mass is 10.4. The minimum absolute atomic E-state index is 0.134. The average Bonchev–Trinajstić information content (AvgIpc) is 2.75. The van der Waals surface area contributed by atoms with Crippen molar-refractivity contribution in [3.63, 3.8) is 0 Å². The number of aromatic nitrogens is 4. The molecule has 0 radical (unpaired) electrons. The first-order valence-corrected chi connectivity index (χ1v) is 5.15. The van der Waals surface area contributed by atoms with Crippen LogP contribution < -0.4 is 10.5 Å². The van der Waals surface area contributed by atoms with Gasteiger partial charge >= 0.3 is 5.97 Å². The van der Waals surface area contributed by atoms with E-state index in [0.717, 1.165) is 0 Å². The number of carboxylic acid groups (broad SMARTS) is 1. The van der Waals surface area contributed by atoms with E-state index in [1.54, 1.807) is 6.92 Å². The standard InChI is InChI=1S/C10H11N5O3/c1-2-18-7-5-15(14-8(7)9(16)17)6-3-12-10(11)13-4-6/h3-5H,2H2,1H3,(H,16,17)(H2,11,12,13). The molecule has 2 rings (SSSR count). The zero-order valence-corrected chi connectivity index (χ0v) is 9.57. The summed E-state index contributed by atoms with van der Waals surface area (Å²) in [6, 6.07) is 0. The number of carboxylic acids is 1. The number of nitrogen functional groups attached to an aromatic ring is 1. The molecule has 0 spiro atoms. The number of carbonyl (C=O) groups is 1. The summed E-state index contributed by atoms with van der Waals surface area (Å²) in [5, 5.41) is 12.9. The van der Waals surface area contributed by atoms with Crippen molar-refractivity contribution in [3.8, 4) is 11.4 Å². The lowest BCUT2D eigenvalue weighted by Gasteiger charge is -1.99. The molecule has 0 amide bonds. The molecule has 0 saturated carbocycles. The van der Waals surface area contributed by atoms with E-state index in [2.05, 4.69) is 15.1 Å². The number of ether oxygens (including phenoxy) is 1. The molecule has 18 heavy (non-hydrogen) atoms. The Morgan fingerprint density at radius 2 is 2.17 bits per heavy atom. The first-order chi connectivity index (χ1) is 8.61. The van der Waals surface area contributed by atoms with Gasteiger partial charge in [-0.1, -0.05) is 0 Å². The van der Waals surface area contributed by atoms with Crippen molar-refractivity contribution in [2.24, 2.45) is 0 Å². The van der Waals surface area contributed by atoms with Crippen molar-refractivity contribution in [3.05, 3.63) is 24.3 Å². The van der Waals surface area contributed by atoms with E-state index in [9.17, 15) is 4.79 Å². The second-order valence-electron chi connectivity index (χ2n) is 3.32. The lowest BCUT2D eigenvalue weighted by Crippen LogP contribution is -2.03. The number of hydrogen-bond donors (Lipinski definition) is 2. The maximum atomic E-state index is 11.0. The molecule has 2 heterocycles. The van der Waals surface area contributed by atoms with E-state index >= 15 is 0 Å². The minimum atomic E-state index is -1.16. The molecule has 0 unspecified atom stereocenters. The van der Waals surface area contributed by atoms with Crippen molar-refractivity contribution in [2.45, 2.75) is 6.92 Å². The van der Waals surface area contributed by atoms with Crippen LogP contribution in [0.1, 0.15) is 17.4 Å². The Kier molecular flexibility index (Phi) is 3.09. The van der Waals surface area contributed by atoms with Gasteiger partial charge in [-0.3, -0.25) is 0 Å². The SMILES string of the molecule is CCOc1cn(-c2cnc(N)nc2)nc1C(=O)O. The van der Waals surface area contributed by atoms with Gasteiger partial charge in [0.05, 0.1) is 25.2 Å². The van der Waals surface area contributed by atoms with Crippen molar-refractivity contribution < 1.29 is 14.6 Å². The van der Waals surface area contributed by atoms with Crippen molar-refractivity contribution in [2.75, 3.05) is 12.3 Å². The topological polar surface area (TPSA) is 116 Å². The molecule has 0 fully saturated rings. The zero-order valence-electron chi connectivity index (χ0n) is 9.57. The van der Waals surface area contributed by atoms with Crippen LogP contribution in [-0.2, 0) is 0 Å². The van der Waals surface area contributed by atoms with Gasteiger partial charge in [0.2, 0.25) is 11.6 Å². The highest BCUT2D eigenvalue weighted by molar-refractivity contribution is 5.88. The monoisotopic (exact) mass is 249 g/mol. The summed E-state index contributed by atoms with van der Waals surface area (Å²) < 4.78 is 6.52. The zero-order chi connectivity index (χ0) is 13.1. The van der Waals surface area contributed by atoms with Crippen LogP contribution in [0.2, 0.25) is 0 Å². The molecule has 2 aromatic rings. The maximum Gasteiger partial charge on any atom is 0.360 e. The van der Waals surface area contributed by atoms with Gasteiger partial charge in [0.15, 0.2) is 5.75 Å². The summed E-state index contributed by atoms with van der Waals surface area (Å²) in [6.07, 6.45) is 4.34. The van der Waals surface area contributed by atoms with Crippen molar-refractivity contribution in [1.82, 2.24) is 19.7 Å². The predicted octanol–water partition coefficient (Wildman–Crippen LogP) is 0.341. The summed E-state index contributed by atoms with van der Waals surface area (Å²) in [7, 11) is 0. The summed E-state index contributed by atoms with van der Waals surface area (Å²) in [5.74, 6) is -0.829. The Balaban J connectivity index is 2.42. The third-order valence-corrected chi connectivity index (χ3v) is 2.11. The van der Waals surface area contributed by atoms with Crippen LogP contribution in [-0.4, -0.2) is 37.4 Å². The summed E-state index contributed by atoms with van der Waals surface area (Å²) >= 11 is 0. The van der Waals surface area contributed by atoms with Crippen molar-refractivity contribution >= 4 is 11.9 Å². The Labute approximate surface area is 102 Å². The molecule has 8 nitrogen and oxygen atoms in total. The molecular weight excluding hydrogens is 238 g/mol. The largest absolute Gasteiger partial charge is 0.490 e. The molecule has 8 heteroatoms. The molecule has 3 N–H and O–H groups in total. The van der Waals surface area contributed by atoms with E-state index < -0.39 is 5.97 Å². The molecule has 0 bridgehead atoms. The molecule has 0 saturated heterocycles. The average molecular weight is 249 g/mol. The first-order valence-electron chi connectivity index (χ1n) is 5.15. The molecule has 0 aliphatic heterocycles. The van der Waals surface area contributed by atoms with Gasteiger partial charge in [0, 0.05) is 0 Å². The number of anilines is 1. The molecule has 94 valence electrons. The minimum Gasteiger partial charge on any atom is -0.490 e. The fourth-order valence-corrected chi connectivity index (χ4v) is 1.35. The first kappa shape index (κ1) is 11.8. The molecule has 2 aromatic heterocycles. The van der Waals surface area contributed by atoms with Crippen LogP contribution in [0.3, 0.4) is 0 Å². The van der Waals surface area contributed by atoms with Gasteiger partial charge < -0.3 is 15.6 Å². The van der Waals surface area contributed by atoms with E-state index in [0.29, 0.717) is 12.3 Å². The highest BCUT2D eigenvalue weighted by Crippen LogP contribution is 2.19. The third kappa shape index (κ3) is 2.21. The molecule has 0 aromatic carbocycles. The van der Waals surface area contributed by atoms with Gasteiger partial charge in [0.1, 0.15) is 5.69 Å². The summed E-state index contributed by atoms with van der Waals surface area (Å²) in [4.78, 5) is 18.6. The Bertz CT molecular complexity index is 563. The van der Waals surface area contributed by atoms with Crippen LogP contribution >= 0.6 is 0 Å². The Morgan fingerprint density at radius 1 is 1.50 bits per heavy atom. The van der Waals surface area contributed by atoms with Crippen LogP contribution in [0.5, 0.6) is 5.75 Å². The molecule has 0 atom stereocenters. The number of nitrogens with two attached hydrogens (primary N) is 1. The Morgan fingerprint density at radius 3 is 2.72 bits per heavy atom. The van der Waals surface area contributed by atoms with Crippen molar-refractivity contribution in [1.29, 1.82) is 0 Å². The quantitative estimate of drug-likeness (QED) is 0.802. The molecule has 0 aliphatic carbocycles. The smallest absolute Gasteiger partial charge is 0.360 e. The number of aromatic carboxylic acids is 1. The second-order valence-corrected chi connectivity index (χ2v) is 3.32. The number of rotatable bonds is 4. The molecule has 0 aliphatic rings. The summed E-state index contributed by atoms with van der Waals surface area (Å²) in [6.45, 7) is 2.11. The van der Waals surface area contributed by atoms with E-state index in [1.807, 2.05) is 0 Å². The van der Waals surface area contributed by atoms with Gasteiger partial charge in [-0.25, -0.2) is 19.4 Å². The van der Waals surface area contributed by atoms with Crippen LogP contribution in [0.4, 0.5) is 5.95 Å². The van der Waals surface area contributed by atoms with E-state index in [4.69, 9.17) is 15.6 Å². The normalized spacial score (nSPS) is 10.3. The number of hydrogen-bond acceptors (Lipinski definition) is 6. The fourth-order valence-electron chi connectivity index (χ4n) is 1.35. The maximum absolute atomic E-state index is 11.0. The highest BCUT2D eigenvalue weighted by Gasteiger charge is 2.17. The van der Waals surface area contributed by atoms with E-state index in [1.165, 1.54) is 23.3 Å². The van der Waals surface area contributed by atoms with Gasteiger partial charge in [-0.05, 0) is 6.92 Å². The predicted molar refractivity (Wildman–Crippen MR) is 61.7 cm³/mol. The lowest BCUT2D eigenvalue weighted by molar-refractivity contribution is 0.0685. The second kappa shape index (κ2) is 4.70. The fraction of sp³-hybridized carbons (Fsp3) is 0.200. The van der Waals surface area contributed by atoms with Crippen LogP contribution in [0.25, 0.3) is 5.69 Å². The molecular formula is C10H11N5O3. The Hall–Kier alpha value is -2.64. The number of nitrogens with zero attached hydrogens (tertiary/aromatic N) is 4. The summed E-state index contributed by atoms with van der Waals surface area (Å²) in [5.41, 5.74) is 5.70. The third-order valence-electron chi connectivity index (χ3n) is 2.11. The van der Waals surface area contributed by atoms with Gasteiger partial charge in [-0.15, -0.1) is 0 Å².